The number of fused-ring (bicyclic) bond motifs is 1. The summed E-state index contributed by atoms with van der Waals surface area (Å²) >= 11 is 1.42. The summed E-state index contributed by atoms with van der Waals surface area (Å²) in [6.45, 7) is 5.39. The Balaban J connectivity index is 1.76. The Morgan fingerprint density at radius 1 is 1.21 bits per heavy atom. The summed E-state index contributed by atoms with van der Waals surface area (Å²) in [5.74, 6) is -0.945. The summed E-state index contributed by atoms with van der Waals surface area (Å²) in [6, 6.07) is 10.0. The quantitative estimate of drug-likeness (QED) is 0.581. The Bertz CT molecular complexity index is 976. The second kappa shape index (κ2) is 8.48. The minimum Gasteiger partial charge on any atom is -0.508 e. The summed E-state index contributed by atoms with van der Waals surface area (Å²) in [7, 11) is 0. The number of rotatable bonds is 5. The van der Waals surface area contributed by atoms with Crippen molar-refractivity contribution < 1.29 is 19.4 Å². The molecule has 2 amide bonds. The first kappa shape index (κ1) is 20.6. The van der Waals surface area contributed by atoms with Crippen molar-refractivity contribution >= 4 is 38.4 Å². The number of anilines is 1. The zero-order chi connectivity index (χ0) is 21.0. The maximum Gasteiger partial charge on any atom is 0.407 e. The van der Waals surface area contributed by atoms with Crippen molar-refractivity contribution in [3.05, 3.63) is 54.4 Å². The molecule has 29 heavy (non-hydrogen) atoms. The van der Waals surface area contributed by atoms with Gasteiger partial charge in [-0.05, 0) is 56.0 Å². The lowest BCUT2D eigenvalue weighted by Gasteiger charge is -2.22. The number of nitrogens with one attached hydrogen (secondary N) is 2. The Hall–Kier alpha value is -3.13. The molecular formula is C21H23N3O4S. The van der Waals surface area contributed by atoms with Crippen LogP contribution >= 0.6 is 11.3 Å². The van der Waals surface area contributed by atoms with Gasteiger partial charge in [-0.1, -0.05) is 12.1 Å². The molecular weight excluding hydrogens is 390 g/mol. The number of pyridine rings is 1. The fraction of sp³-hybridized carbons (Fsp3) is 0.286. The maximum atomic E-state index is 13.0. The predicted molar refractivity (Wildman–Crippen MR) is 113 cm³/mol. The number of hydrogen-bond acceptors (Lipinski definition) is 6. The van der Waals surface area contributed by atoms with E-state index < -0.39 is 17.6 Å². The van der Waals surface area contributed by atoms with E-state index in [9.17, 15) is 14.7 Å². The molecule has 0 radical (unpaired) electrons. The Labute approximate surface area is 172 Å². The summed E-state index contributed by atoms with van der Waals surface area (Å²) < 4.78 is 6.27. The van der Waals surface area contributed by atoms with Crippen LogP contribution in [0.1, 0.15) is 32.3 Å². The van der Waals surface area contributed by atoms with Crippen molar-refractivity contribution in [2.24, 2.45) is 0 Å². The standard InChI is InChI=1S/C21H23N3O4S/c1-21(2,3)24-20(27)28-12-16(13-4-6-15(25)7-5-13)19(26)23-18-10-14-8-9-22-11-17(14)29-18/h4-11,16,25H,12H2,1-3H3,(H,23,26)(H,24,27). The average molecular weight is 413 g/mol. The molecule has 1 unspecified atom stereocenters. The first-order valence-corrected chi connectivity index (χ1v) is 9.91. The lowest BCUT2D eigenvalue weighted by Crippen LogP contribution is -2.41. The third-order valence-corrected chi connectivity index (χ3v) is 5.04. The number of alkyl carbamates (subject to hydrolysis) is 1. The van der Waals surface area contributed by atoms with Crippen molar-refractivity contribution in [1.29, 1.82) is 0 Å². The summed E-state index contributed by atoms with van der Waals surface area (Å²) in [4.78, 5) is 29.1. The van der Waals surface area contributed by atoms with Gasteiger partial charge in [0.25, 0.3) is 0 Å². The molecule has 1 atom stereocenters. The molecule has 0 aliphatic rings. The van der Waals surface area contributed by atoms with E-state index in [0.29, 0.717) is 10.6 Å². The third-order valence-electron chi connectivity index (χ3n) is 4.04. The fourth-order valence-corrected chi connectivity index (χ4v) is 3.62. The molecule has 2 heterocycles. The van der Waals surface area contributed by atoms with E-state index in [2.05, 4.69) is 15.6 Å². The highest BCUT2D eigenvalue weighted by Crippen LogP contribution is 2.30. The second-order valence-electron chi connectivity index (χ2n) is 7.63. The third kappa shape index (κ3) is 5.68. The summed E-state index contributed by atoms with van der Waals surface area (Å²) in [5.41, 5.74) is 0.185. The van der Waals surface area contributed by atoms with E-state index in [1.807, 2.05) is 32.9 Å². The van der Waals surface area contributed by atoms with E-state index >= 15 is 0 Å². The van der Waals surface area contributed by atoms with Crippen LogP contribution in [-0.2, 0) is 9.53 Å². The van der Waals surface area contributed by atoms with E-state index in [4.69, 9.17) is 4.74 Å². The number of carbonyl (C=O) groups excluding carboxylic acids is 2. The lowest BCUT2D eigenvalue weighted by atomic mass is 9.99. The SMILES string of the molecule is CC(C)(C)NC(=O)OCC(C(=O)Nc1cc2ccncc2s1)c1ccc(O)cc1. The highest BCUT2D eigenvalue weighted by molar-refractivity contribution is 7.22. The van der Waals surface area contributed by atoms with Gasteiger partial charge >= 0.3 is 6.09 Å². The highest BCUT2D eigenvalue weighted by Gasteiger charge is 2.24. The largest absolute Gasteiger partial charge is 0.508 e. The van der Waals surface area contributed by atoms with Gasteiger partial charge in [0.05, 0.1) is 15.6 Å². The van der Waals surface area contributed by atoms with Gasteiger partial charge in [0.2, 0.25) is 5.91 Å². The number of phenols is 1. The number of hydrogen-bond donors (Lipinski definition) is 3. The molecule has 0 saturated carbocycles. The van der Waals surface area contributed by atoms with Crippen LogP contribution in [0.15, 0.2) is 48.8 Å². The van der Waals surface area contributed by atoms with Crippen molar-refractivity contribution in [3.63, 3.8) is 0 Å². The van der Waals surface area contributed by atoms with Crippen molar-refractivity contribution in [2.75, 3.05) is 11.9 Å². The number of benzene rings is 1. The minimum absolute atomic E-state index is 0.0938. The van der Waals surface area contributed by atoms with Gasteiger partial charge in [-0.3, -0.25) is 9.78 Å². The molecule has 0 fully saturated rings. The van der Waals surface area contributed by atoms with Gasteiger partial charge in [0, 0.05) is 17.9 Å². The van der Waals surface area contributed by atoms with Crippen LogP contribution in [0.25, 0.3) is 10.1 Å². The van der Waals surface area contributed by atoms with Crippen molar-refractivity contribution in [3.8, 4) is 5.75 Å². The van der Waals surface area contributed by atoms with Crippen LogP contribution in [0.2, 0.25) is 0 Å². The minimum atomic E-state index is -0.732. The molecule has 0 bridgehead atoms. The zero-order valence-corrected chi connectivity index (χ0v) is 17.2. The molecule has 3 rings (SSSR count). The van der Waals surface area contributed by atoms with Gasteiger partial charge in [-0.15, -0.1) is 11.3 Å². The molecule has 3 N–H and O–H groups in total. The normalized spacial score (nSPS) is 12.4. The number of thiophene rings is 1. The molecule has 3 aromatic rings. The monoisotopic (exact) mass is 413 g/mol. The van der Waals surface area contributed by atoms with Gasteiger partial charge in [0.1, 0.15) is 12.4 Å². The van der Waals surface area contributed by atoms with Gasteiger partial charge in [-0.2, -0.15) is 0 Å². The van der Waals surface area contributed by atoms with Crippen LogP contribution in [0.3, 0.4) is 0 Å². The van der Waals surface area contributed by atoms with Crippen LogP contribution in [-0.4, -0.2) is 34.2 Å². The van der Waals surface area contributed by atoms with E-state index in [1.54, 1.807) is 24.5 Å². The zero-order valence-electron chi connectivity index (χ0n) is 16.4. The number of nitrogens with zero attached hydrogens (tertiary/aromatic N) is 1. The fourth-order valence-electron chi connectivity index (χ4n) is 2.69. The number of amides is 2. The molecule has 7 nitrogen and oxygen atoms in total. The van der Waals surface area contributed by atoms with Crippen LogP contribution in [0, 0.1) is 0 Å². The van der Waals surface area contributed by atoms with Crippen molar-refractivity contribution in [1.82, 2.24) is 10.3 Å². The Morgan fingerprint density at radius 2 is 1.93 bits per heavy atom. The first-order chi connectivity index (χ1) is 13.7. The number of ether oxygens (including phenoxy) is 1. The van der Waals surface area contributed by atoms with Crippen LogP contribution in [0.4, 0.5) is 9.80 Å². The molecule has 0 aliphatic carbocycles. The Kier molecular flexibility index (Phi) is 6.03. The lowest BCUT2D eigenvalue weighted by molar-refractivity contribution is -0.118. The molecule has 0 saturated heterocycles. The molecule has 2 aromatic heterocycles. The van der Waals surface area contributed by atoms with Crippen LogP contribution in [0.5, 0.6) is 5.75 Å². The second-order valence-corrected chi connectivity index (χ2v) is 8.71. The van der Waals surface area contributed by atoms with Gasteiger partial charge in [0.15, 0.2) is 0 Å². The average Bonchev–Trinajstić information content (AvgIpc) is 3.04. The van der Waals surface area contributed by atoms with E-state index in [-0.39, 0.29) is 18.3 Å². The number of aromatic hydroxyl groups is 1. The smallest absolute Gasteiger partial charge is 0.407 e. The summed E-state index contributed by atoms with van der Waals surface area (Å²) in [6.07, 6.45) is 2.84. The topological polar surface area (TPSA) is 101 Å². The molecule has 8 heteroatoms. The molecule has 0 aliphatic heterocycles. The highest BCUT2D eigenvalue weighted by atomic mass is 32.1. The van der Waals surface area contributed by atoms with Gasteiger partial charge in [-0.25, -0.2) is 4.79 Å². The van der Waals surface area contributed by atoms with E-state index in [0.717, 1.165) is 10.1 Å². The first-order valence-electron chi connectivity index (χ1n) is 9.09. The molecule has 152 valence electrons. The van der Waals surface area contributed by atoms with Gasteiger partial charge < -0.3 is 20.5 Å². The number of aromatic nitrogens is 1. The van der Waals surface area contributed by atoms with Crippen molar-refractivity contribution in [2.45, 2.75) is 32.2 Å². The molecule has 1 aromatic carbocycles. The Morgan fingerprint density at radius 3 is 2.59 bits per heavy atom. The summed E-state index contributed by atoms with van der Waals surface area (Å²) in [5, 5.41) is 16.8. The van der Waals surface area contributed by atoms with Crippen LogP contribution < -0.4 is 10.6 Å². The maximum absolute atomic E-state index is 13.0. The van der Waals surface area contributed by atoms with E-state index in [1.165, 1.54) is 23.5 Å². The number of phenolic OH excluding ortho intramolecular Hbond substituents is 1. The number of carbonyl (C=O) groups is 2. The molecule has 0 spiro atoms. The predicted octanol–water partition coefficient (Wildman–Crippen LogP) is 4.25.